The van der Waals surface area contributed by atoms with Crippen molar-refractivity contribution in [2.24, 2.45) is 0 Å². The Morgan fingerprint density at radius 3 is 2.22 bits per heavy atom. The lowest BCUT2D eigenvalue weighted by atomic mass is 10.1. The van der Waals surface area contributed by atoms with Crippen LogP contribution in [0.1, 0.15) is 45.0 Å². The summed E-state index contributed by atoms with van der Waals surface area (Å²) in [6.45, 7) is 9.36. The second-order valence-electron chi connectivity index (χ2n) is 10.7. The summed E-state index contributed by atoms with van der Waals surface area (Å²) in [4.78, 5) is 18.1. The van der Waals surface area contributed by atoms with Crippen molar-refractivity contribution in [3.05, 3.63) is 84.6 Å². The van der Waals surface area contributed by atoms with Crippen LogP contribution >= 0.6 is 23.6 Å². The van der Waals surface area contributed by atoms with Gasteiger partial charge in [-0.15, -0.1) is 11.3 Å². The van der Waals surface area contributed by atoms with Crippen molar-refractivity contribution in [3.63, 3.8) is 0 Å². The van der Waals surface area contributed by atoms with E-state index in [4.69, 9.17) is 12.2 Å². The second kappa shape index (κ2) is 12.5. The number of rotatable bonds is 8. The van der Waals surface area contributed by atoms with Crippen molar-refractivity contribution in [1.29, 1.82) is 0 Å². The van der Waals surface area contributed by atoms with Crippen LogP contribution in [0.5, 0.6) is 0 Å². The van der Waals surface area contributed by atoms with Crippen molar-refractivity contribution >= 4 is 56.0 Å². The van der Waals surface area contributed by atoms with E-state index in [0.29, 0.717) is 26.8 Å². The quantitative estimate of drug-likeness (QED) is 0.169. The third-order valence-corrected chi connectivity index (χ3v) is 8.68. The largest absolute Gasteiger partial charge is 0.360 e. The Labute approximate surface area is 250 Å². The van der Waals surface area contributed by atoms with Gasteiger partial charge >= 0.3 is 0 Å². The van der Waals surface area contributed by atoms with Gasteiger partial charge in [0.2, 0.25) is 10.0 Å². The molecule has 0 aliphatic rings. The summed E-state index contributed by atoms with van der Waals surface area (Å²) in [5.41, 5.74) is 2.36. The zero-order valence-corrected chi connectivity index (χ0v) is 25.9. The normalized spacial score (nSPS) is 11.8. The molecule has 0 saturated heterocycles. The molecule has 0 aliphatic carbocycles. The molecule has 1 amide bonds. The first-order chi connectivity index (χ1) is 19.3. The van der Waals surface area contributed by atoms with Gasteiger partial charge in [-0.2, -0.15) is 0 Å². The highest BCUT2D eigenvalue weighted by molar-refractivity contribution is 7.89. The first kappa shape index (κ1) is 30.3. The third kappa shape index (κ3) is 8.20. The van der Waals surface area contributed by atoms with Crippen LogP contribution < -0.4 is 20.7 Å². The molecule has 3 aromatic carbocycles. The number of nitrogens with one attached hydrogen (secondary N) is 4. The summed E-state index contributed by atoms with van der Waals surface area (Å²) in [6, 6.07) is 21.6. The number of amides is 1. The highest BCUT2D eigenvalue weighted by Gasteiger charge is 2.26. The van der Waals surface area contributed by atoms with Crippen LogP contribution in [0.25, 0.3) is 21.0 Å². The minimum atomic E-state index is -3.95. The van der Waals surface area contributed by atoms with Gasteiger partial charge in [0.1, 0.15) is 5.01 Å². The molecule has 4 rings (SSSR count). The van der Waals surface area contributed by atoms with E-state index in [2.05, 4.69) is 25.7 Å². The summed E-state index contributed by atoms with van der Waals surface area (Å²) < 4.78 is 29.8. The smallest absolute Gasteiger partial charge is 0.255 e. The van der Waals surface area contributed by atoms with Crippen molar-refractivity contribution < 1.29 is 13.2 Å². The van der Waals surface area contributed by atoms with Gasteiger partial charge in [0.15, 0.2) is 5.11 Å². The topological polar surface area (TPSA) is 112 Å². The minimum absolute atomic E-state index is 0.0548. The third-order valence-electron chi connectivity index (χ3n) is 5.59. The monoisotopic (exact) mass is 607 g/mol. The summed E-state index contributed by atoms with van der Waals surface area (Å²) in [5, 5.41) is 10.4. The molecule has 1 aromatic heterocycles. The maximum Gasteiger partial charge on any atom is 0.255 e. The number of anilines is 2. The standard InChI is InChI=1S/C30H33N5O3S3/c1-19(2)32-29(39)34-22-13-11-21(12-14-22)28-31-18-25(40-28)24-16-15-23(33-27(36)20-9-7-6-8-10-20)17-26(24)41(37,38)35-30(3,4)5/h6-19,35H,1-5H3,(H,33,36)(H2,32,34,39). The molecule has 0 spiro atoms. The molecule has 4 N–H and O–H groups in total. The lowest BCUT2D eigenvalue weighted by Gasteiger charge is -2.22. The Hall–Kier alpha value is -3.64. The van der Waals surface area contributed by atoms with Gasteiger partial charge in [-0.25, -0.2) is 18.1 Å². The van der Waals surface area contributed by atoms with Crippen molar-refractivity contribution in [3.8, 4) is 21.0 Å². The first-order valence-corrected chi connectivity index (χ1v) is 15.7. The number of benzene rings is 3. The number of thiazole rings is 1. The Balaban J connectivity index is 1.65. The van der Waals surface area contributed by atoms with E-state index < -0.39 is 15.6 Å². The second-order valence-corrected chi connectivity index (χ2v) is 13.8. The van der Waals surface area contributed by atoms with Crippen LogP contribution in [-0.2, 0) is 10.0 Å². The maximum absolute atomic E-state index is 13.6. The van der Waals surface area contributed by atoms with Gasteiger partial charge in [0.05, 0.1) is 9.77 Å². The van der Waals surface area contributed by atoms with E-state index >= 15 is 0 Å². The van der Waals surface area contributed by atoms with Crippen molar-refractivity contribution in [2.45, 2.75) is 51.1 Å². The first-order valence-electron chi connectivity index (χ1n) is 13.0. The fraction of sp³-hybridized carbons (Fsp3) is 0.233. The summed E-state index contributed by atoms with van der Waals surface area (Å²) in [6.07, 6.45) is 1.67. The molecule has 214 valence electrons. The van der Waals surface area contributed by atoms with Crippen molar-refractivity contribution in [2.75, 3.05) is 10.6 Å². The Morgan fingerprint density at radius 1 is 0.927 bits per heavy atom. The average molecular weight is 608 g/mol. The number of aromatic nitrogens is 1. The molecular formula is C30H33N5O3S3. The number of hydrogen-bond acceptors (Lipinski definition) is 6. The van der Waals surface area contributed by atoms with E-state index in [1.807, 2.05) is 44.2 Å². The lowest BCUT2D eigenvalue weighted by Crippen LogP contribution is -2.40. The van der Waals surface area contributed by atoms with Crippen LogP contribution in [0, 0.1) is 0 Å². The fourth-order valence-electron chi connectivity index (χ4n) is 3.93. The van der Waals surface area contributed by atoms with Crippen LogP contribution in [0.4, 0.5) is 11.4 Å². The van der Waals surface area contributed by atoms with E-state index in [-0.39, 0.29) is 16.8 Å². The molecule has 0 radical (unpaired) electrons. The number of thiocarbonyl (C=S) groups is 1. The zero-order valence-electron chi connectivity index (χ0n) is 23.5. The van der Waals surface area contributed by atoms with Crippen LogP contribution in [-0.4, -0.2) is 36.0 Å². The molecule has 1 heterocycles. The highest BCUT2D eigenvalue weighted by Crippen LogP contribution is 2.37. The van der Waals surface area contributed by atoms with E-state index in [1.54, 1.807) is 63.4 Å². The molecule has 0 unspecified atom stereocenters. The lowest BCUT2D eigenvalue weighted by molar-refractivity contribution is 0.102. The molecule has 0 aliphatic heterocycles. The molecule has 0 atom stereocenters. The van der Waals surface area contributed by atoms with Gasteiger partial charge in [0.25, 0.3) is 5.91 Å². The Bertz CT molecular complexity index is 1640. The van der Waals surface area contributed by atoms with Gasteiger partial charge in [-0.3, -0.25) is 4.79 Å². The average Bonchev–Trinajstić information content (AvgIpc) is 3.38. The minimum Gasteiger partial charge on any atom is -0.360 e. The van der Waals surface area contributed by atoms with Gasteiger partial charge in [-0.1, -0.05) is 24.3 Å². The number of sulfonamides is 1. The zero-order chi connectivity index (χ0) is 29.8. The molecule has 0 bridgehead atoms. The maximum atomic E-state index is 13.6. The molecule has 8 nitrogen and oxygen atoms in total. The summed E-state index contributed by atoms with van der Waals surface area (Å²) in [5.74, 6) is -0.329. The molecule has 0 fully saturated rings. The van der Waals surface area contributed by atoms with E-state index in [1.165, 1.54) is 17.4 Å². The van der Waals surface area contributed by atoms with Gasteiger partial charge in [-0.05, 0) is 95.4 Å². The Morgan fingerprint density at radius 2 is 1.59 bits per heavy atom. The van der Waals surface area contributed by atoms with Crippen molar-refractivity contribution in [1.82, 2.24) is 15.0 Å². The Kier molecular flexibility index (Phi) is 9.23. The predicted octanol–water partition coefficient (Wildman–Crippen LogP) is 6.50. The fourth-order valence-corrected chi connectivity index (χ4v) is 6.98. The molecular weight excluding hydrogens is 575 g/mol. The van der Waals surface area contributed by atoms with Gasteiger partial charge < -0.3 is 16.0 Å². The molecule has 11 heteroatoms. The highest BCUT2D eigenvalue weighted by atomic mass is 32.2. The molecule has 41 heavy (non-hydrogen) atoms. The molecule has 0 saturated carbocycles. The van der Waals surface area contributed by atoms with Crippen LogP contribution in [0.2, 0.25) is 0 Å². The number of carbonyl (C=O) groups excluding carboxylic acids is 1. The molecule has 4 aromatic rings. The number of hydrogen-bond donors (Lipinski definition) is 4. The van der Waals surface area contributed by atoms with Crippen LogP contribution in [0.15, 0.2) is 83.9 Å². The predicted molar refractivity (Wildman–Crippen MR) is 172 cm³/mol. The number of carbonyl (C=O) groups is 1. The van der Waals surface area contributed by atoms with Gasteiger partial charge in [0, 0.05) is 45.8 Å². The number of nitrogens with zero attached hydrogens (tertiary/aromatic N) is 1. The summed E-state index contributed by atoms with van der Waals surface area (Å²) >= 11 is 6.70. The van der Waals surface area contributed by atoms with E-state index in [9.17, 15) is 13.2 Å². The van der Waals surface area contributed by atoms with Crippen LogP contribution in [0.3, 0.4) is 0 Å². The SMILES string of the molecule is CC(C)NC(=S)Nc1ccc(-c2ncc(-c3ccc(NC(=O)c4ccccc4)cc3S(=O)(=O)NC(C)(C)C)s2)cc1. The summed E-state index contributed by atoms with van der Waals surface area (Å²) in [7, 11) is -3.95. The van der Waals surface area contributed by atoms with E-state index in [0.717, 1.165) is 16.3 Å².